The molecule has 4 nitrogen and oxygen atoms in total. The molecule has 4 heteroatoms. The number of carboxylic acid groups (broad SMARTS) is 1. The van der Waals surface area contributed by atoms with Gasteiger partial charge in [-0.05, 0) is 30.4 Å². The van der Waals surface area contributed by atoms with Gasteiger partial charge in [-0.25, -0.2) is 4.79 Å². The van der Waals surface area contributed by atoms with Crippen LogP contribution in [0.15, 0.2) is 12.1 Å². The van der Waals surface area contributed by atoms with Crippen molar-refractivity contribution in [2.45, 2.75) is 53.0 Å². The highest BCUT2D eigenvalue weighted by Gasteiger charge is 2.25. The minimum atomic E-state index is -0.888. The van der Waals surface area contributed by atoms with Gasteiger partial charge in [0.05, 0.1) is 11.3 Å². The highest BCUT2D eigenvalue weighted by molar-refractivity contribution is 5.88. The molecular weight excluding hydrogens is 276 g/mol. The van der Waals surface area contributed by atoms with Crippen molar-refractivity contribution < 1.29 is 9.90 Å². The Bertz CT molecular complexity index is 539. The molecule has 1 aromatic rings. The van der Waals surface area contributed by atoms with Crippen LogP contribution in [0.2, 0.25) is 0 Å². The Kier molecular flexibility index (Phi) is 4.90. The topological polar surface area (TPSA) is 53.4 Å². The standard InChI is InChI=1S/C18H28N2O2/c1-12-8-13(2)10-20(9-12)11-15-14(17(21)22)6-7-16(19-15)18(3,4)5/h6-7,12-13H,8-11H2,1-5H3,(H,21,22). The smallest absolute Gasteiger partial charge is 0.337 e. The van der Waals surface area contributed by atoms with Gasteiger partial charge in [-0.15, -0.1) is 0 Å². The Hall–Kier alpha value is -1.42. The predicted octanol–water partition coefficient (Wildman–Crippen LogP) is 3.56. The lowest BCUT2D eigenvalue weighted by Crippen LogP contribution is -2.38. The number of aromatic carboxylic acids is 1. The summed E-state index contributed by atoms with van der Waals surface area (Å²) in [6, 6.07) is 3.55. The van der Waals surface area contributed by atoms with Crippen molar-refractivity contribution in [1.29, 1.82) is 0 Å². The first-order valence-corrected chi connectivity index (χ1v) is 8.13. The lowest BCUT2D eigenvalue weighted by atomic mass is 9.90. The van der Waals surface area contributed by atoms with Crippen LogP contribution in [-0.4, -0.2) is 34.0 Å². The number of hydrogen-bond acceptors (Lipinski definition) is 3. The summed E-state index contributed by atoms with van der Waals surface area (Å²) in [5.74, 6) is 0.423. The summed E-state index contributed by atoms with van der Waals surface area (Å²) in [7, 11) is 0. The second-order valence-corrected chi connectivity index (χ2v) is 7.89. The zero-order chi connectivity index (χ0) is 16.5. The molecule has 1 aliphatic rings. The summed E-state index contributed by atoms with van der Waals surface area (Å²) in [5, 5.41) is 9.43. The van der Waals surface area contributed by atoms with Crippen LogP contribution in [0.3, 0.4) is 0 Å². The first kappa shape index (κ1) is 16.9. The molecule has 1 aromatic heterocycles. The molecular formula is C18H28N2O2. The van der Waals surface area contributed by atoms with Crippen LogP contribution in [0, 0.1) is 11.8 Å². The first-order valence-electron chi connectivity index (χ1n) is 8.13. The third-order valence-corrected chi connectivity index (χ3v) is 4.29. The number of hydrogen-bond donors (Lipinski definition) is 1. The van der Waals surface area contributed by atoms with Crippen LogP contribution < -0.4 is 0 Å². The number of likely N-dealkylation sites (tertiary alicyclic amines) is 1. The van der Waals surface area contributed by atoms with E-state index in [-0.39, 0.29) is 5.41 Å². The molecule has 0 bridgehead atoms. The molecule has 0 aliphatic carbocycles. The predicted molar refractivity (Wildman–Crippen MR) is 88.1 cm³/mol. The van der Waals surface area contributed by atoms with Crippen molar-refractivity contribution in [2.24, 2.45) is 11.8 Å². The molecule has 2 heterocycles. The molecule has 2 atom stereocenters. The van der Waals surface area contributed by atoms with Crippen molar-refractivity contribution in [3.63, 3.8) is 0 Å². The maximum Gasteiger partial charge on any atom is 0.337 e. The van der Waals surface area contributed by atoms with E-state index in [4.69, 9.17) is 0 Å². The molecule has 2 rings (SSSR count). The van der Waals surface area contributed by atoms with E-state index in [2.05, 4.69) is 44.5 Å². The molecule has 1 fully saturated rings. The number of aromatic nitrogens is 1. The van der Waals surface area contributed by atoms with Gasteiger partial charge in [-0.1, -0.05) is 34.6 Å². The molecule has 2 unspecified atom stereocenters. The summed E-state index contributed by atoms with van der Waals surface area (Å²) in [5.41, 5.74) is 1.90. The molecule has 0 spiro atoms. The number of nitrogens with zero attached hydrogens (tertiary/aromatic N) is 2. The van der Waals surface area contributed by atoms with Crippen LogP contribution in [0.4, 0.5) is 0 Å². The van der Waals surface area contributed by atoms with Gasteiger partial charge in [0, 0.05) is 30.7 Å². The lowest BCUT2D eigenvalue weighted by Gasteiger charge is -2.35. The van der Waals surface area contributed by atoms with E-state index in [9.17, 15) is 9.90 Å². The van der Waals surface area contributed by atoms with E-state index < -0.39 is 5.97 Å². The van der Waals surface area contributed by atoms with Gasteiger partial charge in [0.15, 0.2) is 0 Å². The third kappa shape index (κ3) is 4.07. The average molecular weight is 304 g/mol. The Morgan fingerprint density at radius 3 is 2.36 bits per heavy atom. The largest absolute Gasteiger partial charge is 0.478 e. The highest BCUT2D eigenvalue weighted by atomic mass is 16.4. The fraction of sp³-hybridized carbons (Fsp3) is 0.667. The van der Waals surface area contributed by atoms with Gasteiger partial charge in [-0.3, -0.25) is 9.88 Å². The number of carbonyl (C=O) groups is 1. The van der Waals surface area contributed by atoms with E-state index in [0.29, 0.717) is 29.6 Å². The van der Waals surface area contributed by atoms with Crippen molar-refractivity contribution in [3.05, 3.63) is 29.1 Å². The normalized spacial score (nSPS) is 23.5. The van der Waals surface area contributed by atoms with Crippen molar-refractivity contribution in [2.75, 3.05) is 13.1 Å². The Labute approximate surface area is 133 Å². The van der Waals surface area contributed by atoms with E-state index in [1.807, 2.05) is 6.07 Å². The van der Waals surface area contributed by atoms with Gasteiger partial charge < -0.3 is 5.11 Å². The molecule has 22 heavy (non-hydrogen) atoms. The molecule has 0 radical (unpaired) electrons. The molecule has 1 saturated heterocycles. The Morgan fingerprint density at radius 2 is 1.86 bits per heavy atom. The number of piperidine rings is 1. The van der Waals surface area contributed by atoms with E-state index in [1.54, 1.807) is 6.07 Å². The summed E-state index contributed by atoms with van der Waals surface area (Å²) in [4.78, 5) is 18.5. The van der Waals surface area contributed by atoms with E-state index in [0.717, 1.165) is 18.8 Å². The van der Waals surface area contributed by atoms with Crippen molar-refractivity contribution in [3.8, 4) is 0 Å². The first-order chi connectivity index (χ1) is 10.2. The average Bonchev–Trinajstić information content (AvgIpc) is 2.35. The van der Waals surface area contributed by atoms with Crippen LogP contribution in [0.25, 0.3) is 0 Å². The van der Waals surface area contributed by atoms with Crippen LogP contribution in [-0.2, 0) is 12.0 Å². The van der Waals surface area contributed by atoms with E-state index in [1.165, 1.54) is 6.42 Å². The molecule has 1 N–H and O–H groups in total. The zero-order valence-corrected chi connectivity index (χ0v) is 14.4. The monoisotopic (exact) mass is 304 g/mol. The van der Waals surface area contributed by atoms with E-state index >= 15 is 0 Å². The van der Waals surface area contributed by atoms with Gasteiger partial charge in [0.1, 0.15) is 0 Å². The Balaban J connectivity index is 2.29. The maximum absolute atomic E-state index is 11.5. The van der Waals surface area contributed by atoms with Gasteiger partial charge in [-0.2, -0.15) is 0 Å². The number of rotatable bonds is 3. The summed E-state index contributed by atoms with van der Waals surface area (Å²) >= 11 is 0. The summed E-state index contributed by atoms with van der Waals surface area (Å²) < 4.78 is 0. The van der Waals surface area contributed by atoms with Crippen LogP contribution in [0.5, 0.6) is 0 Å². The Morgan fingerprint density at radius 1 is 1.27 bits per heavy atom. The van der Waals surface area contributed by atoms with Crippen LogP contribution in [0.1, 0.15) is 62.8 Å². The van der Waals surface area contributed by atoms with Crippen molar-refractivity contribution >= 4 is 5.97 Å². The summed E-state index contributed by atoms with van der Waals surface area (Å²) in [6.07, 6.45) is 1.25. The summed E-state index contributed by atoms with van der Waals surface area (Å²) in [6.45, 7) is 13.5. The van der Waals surface area contributed by atoms with Gasteiger partial charge in [0.25, 0.3) is 0 Å². The molecule has 0 amide bonds. The van der Waals surface area contributed by atoms with Crippen LogP contribution >= 0.6 is 0 Å². The minimum absolute atomic E-state index is 0.0751. The maximum atomic E-state index is 11.5. The number of carboxylic acids is 1. The van der Waals surface area contributed by atoms with Crippen molar-refractivity contribution in [1.82, 2.24) is 9.88 Å². The highest BCUT2D eigenvalue weighted by Crippen LogP contribution is 2.25. The molecule has 122 valence electrons. The molecule has 0 saturated carbocycles. The third-order valence-electron chi connectivity index (χ3n) is 4.29. The quantitative estimate of drug-likeness (QED) is 0.927. The lowest BCUT2D eigenvalue weighted by molar-refractivity contribution is 0.0691. The number of pyridine rings is 1. The fourth-order valence-electron chi connectivity index (χ4n) is 3.37. The van der Waals surface area contributed by atoms with Gasteiger partial charge in [0.2, 0.25) is 0 Å². The second kappa shape index (κ2) is 6.37. The zero-order valence-electron chi connectivity index (χ0n) is 14.4. The fourth-order valence-corrected chi connectivity index (χ4v) is 3.37. The SMILES string of the molecule is CC1CC(C)CN(Cc2nc(C(C)(C)C)ccc2C(=O)O)C1. The molecule has 0 aromatic carbocycles. The second-order valence-electron chi connectivity index (χ2n) is 7.89. The molecule has 1 aliphatic heterocycles. The minimum Gasteiger partial charge on any atom is -0.478 e. The van der Waals surface area contributed by atoms with Gasteiger partial charge >= 0.3 is 5.97 Å².